The summed E-state index contributed by atoms with van der Waals surface area (Å²) in [5.41, 5.74) is 5.82. The zero-order valence-electron chi connectivity index (χ0n) is 15.7. The zero-order valence-corrected chi connectivity index (χ0v) is 15.7. The summed E-state index contributed by atoms with van der Waals surface area (Å²) in [6.45, 7) is 13.3. The Labute approximate surface area is 142 Å². The van der Waals surface area contributed by atoms with E-state index in [9.17, 15) is 0 Å². The second kappa shape index (κ2) is 8.81. The molecule has 0 aliphatic carbocycles. The second-order valence-electron chi connectivity index (χ2n) is 7.42. The fourth-order valence-electron chi connectivity index (χ4n) is 3.63. The molecule has 1 unspecified atom stereocenters. The van der Waals surface area contributed by atoms with Crippen LogP contribution in [0.3, 0.4) is 0 Å². The van der Waals surface area contributed by atoms with Crippen LogP contribution < -0.4 is 0 Å². The van der Waals surface area contributed by atoms with Gasteiger partial charge in [0.2, 0.25) is 0 Å². The van der Waals surface area contributed by atoms with Gasteiger partial charge in [0.1, 0.15) is 0 Å². The van der Waals surface area contributed by atoms with E-state index in [1.54, 1.807) is 7.11 Å². The molecule has 0 N–H and O–H groups in total. The molecule has 1 heterocycles. The van der Waals surface area contributed by atoms with E-state index >= 15 is 0 Å². The highest BCUT2D eigenvalue weighted by Gasteiger charge is 2.18. The molecule has 23 heavy (non-hydrogen) atoms. The monoisotopic (exact) mass is 318 g/mol. The Morgan fingerprint density at radius 2 is 2.00 bits per heavy atom. The summed E-state index contributed by atoms with van der Waals surface area (Å²) in [6, 6.07) is 4.73. The van der Waals surface area contributed by atoms with Gasteiger partial charge in [-0.3, -0.25) is 9.80 Å². The molecular weight excluding hydrogens is 284 g/mol. The number of benzene rings is 1. The highest BCUT2D eigenvalue weighted by atomic mass is 16.5. The van der Waals surface area contributed by atoms with E-state index in [2.05, 4.69) is 49.8 Å². The molecule has 0 bridgehead atoms. The molecule has 2 rings (SSSR count). The third-order valence-electron chi connectivity index (χ3n) is 5.02. The summed E-state index contributed by atoms with van der Waals surface area (Å²) in [7, 11) is 3.94. The van der Waals surface area contributed by atoms with Crippen molar-refractivity contribution in [2.75, 3.05) is 40.4 Å². The van der Waals surface area contributed by atoms with Crippen molar-refractivity contribution in [2.24, 2.45) is 5.92 Å². The van der Waals surface area contributed by atoms with E-state index in [1.807, 2.05) is 0 Å². The lowest BCUT2D eigenvalue weighted by molar-refractivity contribution is 0.158. The van der Waals surface area contributed by atoms with Gasteiger partial charge in [0, 0.05) is 33.3 Å². The molecule has 3 nitrogen and oxygen atoms in total. The molecule has 1 atom stereocenters. The summed E-state index contributed by atoms with van der Waals surface area (Å²) in [5, 5.41) is 0. The molecule has 1 aliphatic heterocycles. The largest absolute Gasteiger partial charge is 0.383 e. The van der Waals surface area contributed by atoms with Crippen LogP contribution in [-0.4, -0.2) is 50.2 Å². The van der Waals surface area contributed by atoms with Gasteiger partial charge in [0.25, 0.3) is 0 Å². The van der Waals surface area contributed by atoms with Gasteiger partial charge in [-0.25, -0.2) is 0 Å². The predicted octanol–water partition coefficient (Wildman–Crippen LogP) is 3.61. The Bertz CT molecular complexity index is 501. The molecule has 1 aromatic carbocycles. The quantitative estimate of drug-likeness (QED) is 0.764. The van der Waals surface area contributed by atoms with E-state index in [-0.39, 0.29) is 0 Å². The van der Waals surface area contributed by atoms with Crippen molar-refractivity contribution in [3.8, 4) is 0 Å². The van der Waals surface area contributed by atoms with Gasteiger partial charge in [-0.15, -0.1) is 0 Å². The molecule has 0 amide bonds. The summed E-state index contributed by atoms with van der Waals surface area (Å²) >= 11 is 0. The lowest BCUT2D eigenvalue weighted by Gasteiger charge is -2.31. The van der Waals surface area contributed by atoms with Crippen LogP contribution in [0.4, 0.5) is 0 Å². The first-order chi connectivity index (χ1) is 11.0. The topological polar surface area (TPSA) is 15.7 Å². The van der Waals surface area contributed by atoms with E-state index in [4.69, 9.17) is 4.74 Å². The number of rotatable bonds is 7. The maximum atomic E-state index is 5.19. The lowest BCUT2D eigenvalue weighted by Crippen LogP contribution is -2.34. The van der Waals surface area contributed by atoms with Gasteiger partial charge in [0.15, 0.2) is 0 Å². The van der Waals surface area contributed by atoms with Gasteiger partial charge in [0.05, 0.1) is 6.61 Å². The van der Waals surface area contributed by atoms with Crippen molar-refractivity contribution in [3.05, 3.63) is 34.4 Å². The molecule has 0 radical (unpaired) electrons. The number of likely N-dealkylation sites (tertiary alicyclic amines) is 1. The van der Waals surface area contributed by atoms with Crippen molar-refractivity contribution in [1.29, 1.82) is 0 Å². The summed E-state index contributed by atoms with van der Waals surface area (Å²) in [6.07, 6.45) is 2.73. The maximum absolute atomic E-state index is 5.19. The van der Waals surface area contributed by atoms with Crippen molar-refractivity contribution in [2.45, 2.75) is 46.7 Å². The standard InChI is InChI=1S/C20H34N2O/c1-16-7-6-8-22(13-16)15-20-12-17(2)11-19(18(20)3)14-21(4)9-10-23-5/h11-12,16H,6-10,13-15H2,1-5H3. The molecule has 1 aliphatic rings. The predicted molar refractivity (Wildman–Crippen MR) is 97.8 cm³/mol. The Morgan fingerprint density at radius 3 is 2.70 bits per heavy atom. The smallest absolute Gasteiger partial charge is 0.0589 e. The molecule has 0 spiro atoms. The average Bonchev–Trinajstić information content (AvgIpc) is 2.50. The van der Waals surface area contributed by atoms with Crippen LogP contribution in [0.1, 0.15) is 42.0 Å². The highest BCUT2D eigenvalue weighted by molar-refractivity contribution is 5.38. The number of hydrogen-bond donors (Lipinski definition) is 0. The Kier molecular flexibility index (Phi) is 7.07. The van der Waals surface area contributed by atoms with Crippen LogP contribution in [0, 0.1) is 19.8 Å². The van der Waals surface area contributed by atoms with Crippen LogP contribution in [0.15, 0.2) is 12.1 Å². The highest BCUT2D eigenvalue weighted by Crippen LogP contribution is 2.23. The van der Waals surface area contributed by atoms with Gasteiger partial charge in [-0.2, -0.15) is 0 Å². The third-order valence-corrected chi connectivity index (χ3v) is 5.02. The minimum atomic E-state index is 0.792. The maximum Gasteiger partial charge on any atom is 0.0589 e. The van der Waals surface area contributed by atoms with Crippen molar-refractivity contribution in [1.82, 2.24) is 9.80 Å². The van der Waals surface area contributed by atoms with E-state index in [1.165, 1.54) is 48.2 Å². The molecule has 1 aromatic rings. The van der Waals surface area contributed by atoms with E-state index < -0.39 is 0 Å². The summed E-state index contributed by atoms with van der Waals surface area (Å²) < 4.78 is 5.19. The van der Waals surface area contributed by atoms with Gasteiger partial charge >= 0.3 is 0 Å². The Balaban J connectivity index is 2.07. The van der Waals surface area contributed by atoms with Crippen LogP contribution in [-0.2, 0) is 17.8 Å². The number of piperidine rings is 1. The van der Waals surface area contributed by atoms with Crippen LogP contribution >= 0.6 is 0 Å². The van der Waals surface area contributed by atoms with Gasteiger partial charge in [-0.05, 0) is 62.9 Å². The first kappa shape index (κ1) is 18.4. The lowest BCUT2D eigenvalue weighted by atomic mass is 9.96. The minimum Gasteiger partial charge on any atom is -0.383 e. The third kappa shape index (κ3) is 5.59. The summed E-state index contributed by atoms with van der Waals surface area (Å²) in [4.78, 5) is 4.98. The van der Waals surface area contributed by atoms with E-state index in [0.29, 0.717) is 0 Å². The number of aryl methyl sites for hydroxylation is 1. The fourth-order valence-corrected chi connectivity index (χ4v) is 3.63. The molecule has 1 saturated heterocycles. The van der Waals surface area contributed by atoms with Crippen molar-refractivity contribution < 1.29 is 4.74 Å². The van der Waals surface area contributed by atoms with Gasteiger partial charge in [-0.1, -0.05) is 24.6 Å². The Hall–Kier alpha value is -0.900. The van der Waals surface area contributed by atoms with Gasteiger partial charge < -0.3 is 4.74 Å². The molecular formula is C20H34N2O. The molecule has 1 fully saturated rings. The Morgan fingerprint density at radius 1 is 1.26 bits per heavy atom. The van der Waals surface area contributed by atoms with Crippen LogP contribution in [0.5, 0.6) is 0 Å². The van der Waals surface area contributed by atoms with Crippen molar-refractivity contribution >= 4 is 0 Å². The molecule has 0 aromatic heterocycles. The number of likely N-dealkylation sites (N-methyl/N-ethyl adjacent to an activating group) is 1. The molecule has 130 valence electrons. The summed E-state index contributed by atoms with van der Waals surface area (Å²) in [5.74, 6) is 0.841. The minimum absolute atomic E-state index is 0.792. The molecule has 3 heteroatoms. The number of methoxy groups -OCH3 is 1. The SMILES string of the molecule is COCCN(C)Cc1cc(C)cc(CN2CCCC(C)C2)c1C. The van der Waals surface area contributed by atoms with Crippen molar-refractivity contribution in [3.63, 3.8) is 0 Å². The first-order valence-electron chi connectivity index (χ1n) is 8.98. The molecule has 0 saturated carbocycles. The number of ether oxygens (including phenoxy) is 1. The second-order valence-corrected chi connectivity index (χ2v) is 7.42. The normalized spacial score (nSPS) is 19.5. The number of hydrogen-bond acceptors (Lipinski definition) is 3. The average molecular weight is 319 g/mol. The number of nitrogens with zero attached hydrogens (tertiary/aromatic N) is 2. The first-order valence-corrected chi connectivity index (χ1v) is 8.98. The van der Waals surface area contributed by atoms with E-state index in [0.717, 1.165) is 32.2 Å². The van der Waals surface area contributed by atoms with Crippen LogP contribution in [0.2, 0.25) is 0 Å². The fraction of sp³-hybridized carbons (Fsp3) is 0.700. The van der Waals surface area contributed by atoms with Crippen LogP contribution in [0.25, 0.3) is 0 Å². The zero-order chi connectivity index (χ0) is 16.8.